The predicted molar refractivity (Wildman–Crippen MR) is 326 cm³/mol. The second-order valence-electron chi connectivity index (χ2n) is 22.9. The fourth-order valence-corrected chi connectivity index (χ4v) is 11.4. The third-order valence-electron chi connectivity index (χ3n) is 16.6. The standard InChI is InChI=1S/C63H101N7O12S/c1-14-43(6)58(52(80-11)36-55(73)69-34-26-32-51(69)60(81-12)44(7)61(77)66-45(8)59(76)47-28-21-18-22-29-47)68(10)57(75)39-65-54(72)40-67(9)63(79)82-41-46(15-2)27-20-17-23-30-49(16-3)64-38-48(42(4)5)35-50(71)31-24-19-25-33-70-56(74)37-53(83-13)62(70)78/h15,17-18,20-22,28-29,37,42-46,48-49,51-52,58-60,64,76H,2,14,16,19,23-27,30-36,38-41H2,1,3-13H3,(H,65,72)(H,66,77)/b20-17+/t43-,44+,45+,46?,48+,49-,51-,52?,58?,59+,60+/m0/s1. The molecule has 3 unspecified atom stereocenters. The third-order valence-corrected chi connectivity index (χ3v) is 17.3. The molecule has 0 bridgehead atoms. The Labute approximate surface area is 499 Å². The lowest BCUT2D eigenvalue weighted by Crippen LogP contribution is -2.54. The summed E-state index contributed by atoms with van der Waals surface area (Å²) in [6.45, 7) is 18.8. The number of hydrogen-bond donors (Lipinski definition) is 4. The van der Waals surface area contributed by atoms with Gasteiger partial charge in [-0.3, -0.25) is 38.5 Å². The molecule has 2 heterocycles. The van der Waals surface area contributed by atoms with E-state index in [1.807, 2.05) is 32.0 Å². The molecule has 7 amide bonds. The second-order valence-corrected chi connectivity index (χ2v) is 23.7. The van der Waals surface area contributed by atoms with E-state index in [9.17, 15) is 43.5 Å². The number of amides is 7. The monoisotopic (exact) mass is 1180 g/mol. The van der Waals surface area contributed by atoms with Crippen molar-refractivity contribution in [3.8, 4) is 0 Å². The normalized spacial score (nSPS) is 18.1. The molecular formula is C63H101N7O12S. The minimum Gasteiger partial charge on any atom is -0.449 e. The van der Waals surface area contributed by atoms with E-state index in [2.05, 4.69) is 55.5 Å². The van der Waals surface area contributed by atoms with Crippen molar-refractivity contribution in [3.63, 3.8) is 0 Å². The number of ether oxygens (including phenoxy) is 3. The molecule has 1 aromatic carbocycles. The summed E-state index contributed by atoms with van der Waals surface area (Å²) in [6, 6.07) is 7.89. The molecule has 2 aliphatic heterocycles. The Morgan fingerprint density at radius 3 is 2.27 bits per heavy atom. The van der Waals surface area contributed by atoms with Gasteiger partial charge in [0.2, 0.25) is 23.6 Å². The summed E-state index contributed by atoms with van der Waals surface area (Å²) >= 11 is 1.28. The molecule has 19 nitrogen and oxygen atoms in total. The SMILES string of the molecule is C=CC(C/C=C/CC[C@H](CC)NC[C@@H](CC(=O)CCCCCN1C(=O)C=C(SC)C1=O)C(C)C)COC(=O)N(C)CC(=O)NCC(=O)N(C)C(C(CC(=O)N1CCC[C@H]1[C@H](OC)[C@@H](C)C(=O)N[C@H](C)[C@@H](O)c1ccccc1)OC)[C@@H](C)CC. The van der Waals surface area contributed by atoms with Crippen molar-refractivity contribution in [2.45, 2.75) is 174 Å². The van der Waals surface area contributed by atoms with Gasteiger partial charge >= 0.3 is 6.09 Å². The summed E-state index contributed by atoms with van der Waals surface area (Å²) in [7, 11) is 6.11. The van der Waals surface area contributed by atoms with Crippen molar-refractivity contribution >= 4 is 59.1 Å². The first-order valence-corrected chi connectivity index (χ1v) is 31.2. The number of rotatable bonds is 40. The molecule has 0 spiro atoms. The Kier molecular flexibility index (Phi) is 32.7. The molecule has 83 heavy (non-hydrogen) atoms. The van der Waals surface area contributed by atoms with Crippen LogP contribution in [0.15, 0.2) is 66.1 Å². The Hall–Kier alpha value is -5.41. The molecule has 20 heteroatoms. The van der Waals surface area contributed by atoms with Crippen molar-refractivity contribution in [3.05, 3.63) is 71.7 Å². The van der Waals surface area contributed by atoms with Gasteiger partial charge < -0.3 is 50.0 Å². The van der Waals surface area contributed by atoms with E-state index in [4.69, 9.17) is 14.2 Å². The Morgan fingerprint density at radius 1 is 0.940 bits per heavy atom. The first-order chi connectivity index (χ1) is 39.6. The largest absolute Gasteiger partial charge is 0.449 e. The van der Waals surface area contributed by atoms with Crippen LogP contribution < -0.4 is 16.0 Å². The van der Waals surface area contributed by atoms with Gasteiger partial charge in [-0.15, -0.1) is 18.3 Å². The van der Waals surface area contributed by atoms with E-state index >= 15 is 0 Å². The van der Waals surface area contributed by atoms with Crippen LogP contribution in [0.2, 0.25) is 0 Å². The smallest absolute Gasteiger partial charge is 0.409 e. The molecule has 0 aliphatic carbocycles. The highest BCUT2D eigenvalue weighted by molar-refractivity contribution is 8.03. The van der Waals surface area contributed by atoms with Crippen molar-refractivity contribution < 1.29 is 57.7 Å². The number of aliphatic hydroxyl groups is 1. The van der Waals surface area contributed by atoms with Crippen molar-refractivity contribution in [2.75, 3.05) is 73.9 Å². The van der Waals surface area contributed by atoms with Crippen molar-refractivity contribution in [1.82, 2.24) is 35.6 Å². The summed E-state index contributed by atoms with van der Waals surface area (Å²) < 4.78 is 17.4. The van der Waals surface area contributed by atoms with Gasteiger partial charge in [-0.25, -0.2) is 4.79 Å². The highest BCUT2D eigenvalue weighted by Crippen LogP contribution is 2.30. The first-order valence-electron chi connectivity index (χ1n) is 30.0. The number of thioether (sulfide) groups is 1. The van der Waals surface area contributed by atoms with Gasteiger partial charge in [0.25, 0.3) is 11.8 Å². The Morgan fingerprint density at radius 2 is 1.65 bits per heavy atom. The summed E-state index contributed by atoms with van der Waals surface area (Å²) in [6.07, 6.45) is 14.6. The number of allylic oxidation sites excluding steroid dienone is 2. The summed E-state index contributed by atoms with van der Waals surface area (Å²) in [5.74, 6) is -2.06. The zero-order valence-corrected chi connectivity index (χ0v) is 52.7. The van der Waals surface area contributed by atoms with Crippen LogP contribution in [0.4, 0.5) is 4.79 Å². The number of benzene rings is 1. The molecule has 2 aliphatic rings. The van der Waals surface area contributed by atoms with Crippen molar-refractivity contribution in [1.29, 1.82) is 0 Å². The van der Waals surface area contributed by atoms with E-state index in [0.717, 1.165) is 43.5 Å². The van der Waals surface area contributed by atoms with E-state index in [-0.39, 0.29) is 79.3 Å². The van der Waals surface area contributed by atoms with Crippen LogP contribution in [0.5, 0.6) is 0 Å². The number of nitrogens with zero attached hydrogens (tertiary/aromatic N) is 4. The fourth-order valence-electron chi connectivity index (χ4n) is 10.9. The van der Waals surface area contributed by atoms with Crippen LogP contribution in [-0.2, 0) is 47.8 Å². The highest BCUT2D eigenvalue weighted by atomic mass is 32.2. The van der Waals surface area contributed by atoms with Crippen LogP contribution in [0.25, 0.3) is 0 Å². The molecule has 1 aromatic rings. The molecule has 1 fully saturated rings. The van der Waals surface area contributed by atoms with E-state index < -0.39 is 60.3 Å². The van der Waals surface area contributed by atoms with Crippen LogP contribution >= 0.6 is 11.8 Å². The van der Waals surface area contributed by atoms with Gasteiger partial charge in [-0.2, -0.15) is 0 Å². The van der Waals surface area contributed by atoms with Crippen LogP contribution in [0.1, 0.15) is 144 Å². The van der Waals surface area contributed by atoms with E-state index in [1.165, 1.54) is 48.9 Å². The number of Topliss-reactive ketones (excluding diaryl/α,β-unsaturated/α-hetero) is 1. The molecule has 11 atom stereocenters. The number of likely N-dealkylation sites (N-methyl/N-ethyl adjacent to an activating group) is 2. The molecule has 1 saturated heterocycles. The van der Waals surface area contributed by atoms with E-state index in [0.29, 0.717) is 74.4 Å². The lowest BCUT2D eigenvalue weighted by atomic mass is 9.89. The molecule has 0 saturated carbocycles. The average molecular weight is 1180 g/mol. The van der Waals surface area contributed by atoms with E-state index in [1.54, 1.807) is 50.3 Å². The predicted octanol–water partition coefficient (Wildman–Crippen LogP) is 7.63. The van der Waals surface area contributed by atoms with Gasteiger partial charge in [0.05, 0.1) is 66.8 Å². The van der Waals surface area contributed by atoms with Crippen LogP contribution in [0.3, 0.4) is 0 Å². The van der Waals surface area contributed by atoms with Gasteiger partial charge in [-0.1, -0.05) is 103 Å². The number of hydrogen-bond acceptors (Lipinski definition) is 14. The summed E-state index contributed by atoms with van der Waals surface area (Å²) in [5, 5.41) is 20.1. The fraction of sp³-hybridized carbons (Fsp3) is 0.683. The average Bonchev–Trinajstić information content (AvgIpc) is 4.34. The number of unbranched alkanes of at least 4 members (excludes halogenated alkanes) is 2. The van der Waals surface area contributed by atoms with Crippen LogP contribution in [-0.4, -0.2) is 182 Å². The Bertz CT molecular complexity index is 2300. The molecule has 4 N–H and O–H groups in total. The molecule has 3 rings (SSSR count). The quantitative estimate of drug-likeness (QED) is 0.0281. The second kappa shape index (κ2) is 37.8. The zero-order chi connectivity index (χ0) is 61.8. The molecule has 0 radical (unpaired) electrons. The minimum absolute atomic E-state index is 0.0392. The third kappa shape index (κ3) is 23.2. The first kappa shape index (κ1) is 71.9. The minimum atomic E-state index is -0.910. The summed E-state index contributed by atoms with van der Waals surface area (Å²) in [4.78, 5) is 111. The maximum absolute atomic E-state index is 14.2. The molecule has 466 valence electrons. The Balaban J connectivity index is 1.41. The lowest BCUT2D eigenvalue weighted by Gasteiger charge is -2.39. The maximum atomic E-state index is 14.2. The maximum Gasteiger partial charge on any atom is 0.409 e. The van der Waals surface area contributed by atoms with Gasteiger partial charge in [0.15, 0.2) is 0 Å². The number of aliphatic hydroxyl groups excluding tert-OH is 1. The van der Waals surface area contributed by atoms with Gasteiger partial charge in [0, 0.05) is 72.3 Å². The topological polar surface area (TPSA) is 234 Å². The summed E-state index contributed by atoms with van der Waals surface area (Å²) in [5.41, 5.74) is 0.686. The van der Waals surface area contributed by atoms with Crippen LogP contribution in [0, 0.1) is 29.6 Å². The number of ketones is 1. The number of imide groups is 1. The highest BCUT2D eigenvalue weighted by Gasteiger charge is 2.42. The number of likely N-dealkylation sites (tertiary alicyclic amines) is 1. The number of carbonyl (C=O) groups excluding carboxylic acids is 8. The number of nitrogens with one attached hydrogen (secondary N) is 3. The molecule has 0 aromatic heterocycles. The lowest BCUT2D eigenvalue weighted by molar-refractivity contribution is -0.146. The zero-order valence-electron chi connectivity index (χ0n) is 51.9. The van der Waals surface area contributed by atoms with Gasteiger partial charge in [-0.05, 0) is 94.4 Å². The number of carbonyl (C=O) groups is 8. The van der Waals surface area contributed by atoms with Gasteiger partial charge in [0.1, 0.15) is 12.3 Å². The van der Waals surface area contributed by atoms with Crippen molar-refractivity contribution in [2.24, 2.45) is 29.6 Å². The number of methoxy groups -OCH3 is 2. The molecular weight excluding hydrogens is 1080 g/mol.